The molecule has 0 atom stereocenters. The number of furan rings is 1. The molecule has 0 unspecified atom stereocenters. The van der Waals surface area contributed by atoms with Gasteiger partial charge in [-0.05, 0) is 35.0 Å². The van der Waals surface area contributed by atoms with Crippen molar-refractivity contribution in [3.05, 3.63) is 109 Å². The maximum Gasteiger partial charge on any atom is 0.143 e. The van der Waals surface area contributed by atoms with Crippen molar-refractivity contribution >= 4 is 53.1 Å². The third kappa shape index (κ3) is 2.57. The summed E-state index contributed by atoms with van der Waals surface area (Å²) in [5.74, 6) is 1.86. The van der Waals surface area contributed by atoms with E-state index in [4.69, 9.17) is 4.42 Å². The Balaban J connectivity index is 1.52. The molecule has 150 valence electrons. The van der Waals surface area contributed by atoms with Gasteiger partial charge >= 0.3 is 0 Å². The molecule has 1 nitrogen and oxygen atoms in total. The fourth-order valence-corrected chi connectivity index (χ4v) is 5.88. The molecule has 0 saturated carbocycles. The molecule has 5 aromatic carbocycles. The number of hydrogen-bond donors (Lipinski definition) is 0. The SMILES string of the molecule is c1ccc2c(-c3oc(-c4ccc5sc6ccccc6c5c4)c4ccccc34)cccc2c1. The minimum absolute atomic E-state index is 0.931. The van der Waals surface area contributed by atoms with E-state index in [0.717, 1.165) is 33.4 Å². The molecule has 7 aromatic rings. The van der Waals surface area contributed by atoms with Crippen molar-refractivity contribution in [2.75, 3.05) is 0 Å². The van der Waals surface area contributed by atoms with Gasteiger partial charge in [0.15, 0.2) is 0 Å². The summed E-state index contributed by atoms with van der Waals surface area (Å²) in [5, 5.41) is 7.32. The standard InChI is InChI=1S/C30H18OS/c1-2-10-21-19(8-1)9-7-14-23(21)30-25-13-4-3-12-24(25)29(31-30)20-16-17-28-26(18-20)22-11-5-6-15-27(22)32-28/h1-18H. The number of rotatable bonds is 2. The highest BCUT2D eigenvalue weighted by atomic mass is 32.1. The van der Waals surface area contributed by atoms with Crippen LogP contribution in [0.25, 0.3) is 64.4 Å². The molecule has 32 heavy (non-hydrogen) atoms. The Bertz CT molecular complexity index is 1780. The zero-order valence-corrected chi connectivity index (χ0v) is 18.0. The fraction of sp³-hybridized carbons (Fsp3) is 0. The van der Waals surface area contributed by atoms with Gasteiger partial charge in [-0.1, -0.05) is 84.9 Å². The van der Waals surface area contributed by atoms with Gasteiger partial charge in [0.2, 0.25) is 0 Å². The number of fused-ring (bicyclic) bond motifs is 5. The van der Waals surface area contributed by atoms with Crippen molar-refractivity contribution in [2.24, 2.45) is 0 Å². The van der Waals surface area contributed by atoms with Crippen molar-refractivity contribution in [1.29, 1.82) is 0 Å². The van der Waals surface area contributed by atoms with Crippen molar-refractivity contribution in [3.63, 3.8) is 0 Å². The Morgan fingerprint density at radius 2 is 1.12 bits per heavy atom. The van der Waals surface area contributed by atoms with E-state index in [9.17, 15) is 0 Å². The van der Waals surface area contributed by atoms with Gasteiger partial charge in [0.05, 0.1) is 0 Å². The zero-order valence-electron chi connectivity index (χ0n) is 17.2. The van der Waals surface area contributed by atoms with Crippen LogP contribution in [0.5, 0.6) is 0 Å². The lowest BCUT2D eigenvalue weighted by atomic mass is 9.99. The first-order chi connectivity index (χ1) is 15.9. The summed E-state index contributed by atoms with van der Waals surface area (Å²) in [6.07, 6.45) is 0. The molecule has 0 aliphatic carbocycles. The number of benzene rings is 5. The van der Waals surface area contributed by atoms with E-state index in [0.29, 0.717) is 0 Å². The highest BCUT2D eigenvalue weighted by Crippen LogP contribution is 2.43. The minimum Gasteiger partial charge on any atom is -0.455 e. The quantitative estimate of drug-likeness (QED) is 0.268. The second-order valence-corrected chi connectivity index (χ2v) is 9.23. The second kappa shape index (κ2) is 6.81. The van der Waals surface area contributed by atoms with Crippen LogP contribution in [0.1, 0.15) is 0 Å². The van der Waals surface area contributed by atoms with Crippen LogP contribution in [0.4, 0.5) is 0 Å². The molecule has 0 aliphatic heterocycles. The predicted octanol–water partition coefficient (Wildman–Crippen LogP) is 9.29. The van der Waals surface area contributed by atoms with Crippen molar-refractivity contribution in [2.45, 2.75) is 0 Å². The molecule has 0 N–H and O–H groups in total. The third-order valence-electron chi connectivity index (χ3n) is 6.29. The summed E-state index contributed by atoms with van der Waals surface area (Å²) in [6.45, 7) is 0. The van der Waals surface area contributed by atoms with Crippen LogP contribution in [0.3, 0.4) is 0 Å². The van der Waals surface area contributed by atoms with Crippen LogP contribution in [0, 0.1) is 0 Å². The highest BCUT2D eigenvalue weighted by Gasteiger charge is 2.18. The largest absolute Gasteiger partial charge is 0.455 e. The molecule has 0 aliphatic rings. The Morgan fingerprint density at radius 3 is 2.00 bits per heavy atom. The summed E-state index contributed by atoms with van der Waals surface area (Å²) >= 11 is 1.84. The molecular weight excluding hydrogens is 408 g/mol. The molecular formula is C30H18OS. The maximum atomic E-state index is 6.69. The summed E-state index contributed by atoms with van der Waals surface area (Å²) < 4.78 is 9.31. The first-order valence-corrected chi connectivity index (χ1v) is 11.6. The molecule has 2 aromatic heterocycles. The molecule has 0 amide bonds. The van der Waals surface area contributed by atoms with E-state index in [2.05, 4.69) is 109 Å². The van der Waals surface area contributed by atoms with E-state index in [-0.39, 0.29) is 0 Å². The predicted molar refractivity (Wildman–Crippen MR) is 137 cm³/mol. The van der Waals surface area contributed by atoms with E-state index < -0.39 is 0 Å². The lowest BCUT2D eigenvalue weighted by Gasteiger charge is -2.04. The Kier molecular flexibility index (Phi) is 3.78. The van der Waals surface area contributed by atoms with Crippen LogP contribution < -0.4 is 0 Å². The monoisotopic (exact) mass is 426 g/mol. The molecule has 0 fully saturated rings. The first kappa shape index (κ1) is 17.8. The topological polar surface area (TPSA) is 13.1 Å². The van der Waals surface area contributed by atoms with Gasteiger partial charge < -0.3 is 4.42 Å². The van der Waals surface area contributed by atoms with E-state index >= 15 is 0 Å². The molecule has 0 saturated heterocycles. The lowest BCUT2D eigenvalue weighted by Crippen LogP contribution is -1.79. The van der Waals surface area contributed by atoms with Crippen molar-refractivity contribution in [3.8, 4) is 22.6 Å². The molecule has 0 spiro atoms. The van der Waals surface area contributed by atoms with Gasteiger partial charge in [-0.15, -0.1) is 11.3 Å². The summed E-state index contributed by atoms with van der Waals surface area (Å²) in [7, 11) is 0. The zero-order chi connectivity index (χ0) is 21.1. The average molecular weight is 427 g/mol. The smallest absolute Gasteiger partial charge is 0.143 e. The van der Waals surface area contributed by atoms with Crippen LogP contribution in [0.2, 0.25) is 0 Å². The van der Waals surface area contributed by atoms with E-state index in [1.807, 2.05) is 11.3 Å². The fourth-order valence-electron chi connectivity index (χ4n) is 4.80. The van der Waals surface area contributed by atoms with E-state index in [1.165, 1.54) is 30.9 Å². The normalized spacial score (nSPS) is 11.8. The van der Waals surface area contributed by atoms with Crippen LogP contribution in [-0.2, 0) is 0 Å². The third-order valence-corrected chi connectivity index (χ3v) is 7.45. The molecule has 7 rings (SSSR count). The summed E-state index contributed by atoms with van der Waals surface area (Å²) in [6, 6.07) is 38.8. The van der Waals surface area contributed by atoms with Gasteiger partial charge in [-0.2, -0.15) is 0 Å². The minimum atomic E-state index is 0.931. The van der Waals surface area contributed by atoms with Gasteiger partial charge in [-0.25, -0.2) is 0 Å². The second-order valence-electron chi connectivity index (χ2n) is 8.14. The number of hydrogen-bond acceptors (Lipinski definition) is 2. The van der Waals surface area contributed by atoms with Gasteiger partial charge in [0.1, 0.15) is 11.5 Å². The summed E-state index contributed by atoms with van der Waals surface area (Å²) in [5.41, 5.74) is 2.25. The van der Waals surface area contributed by atoms with Crippen molar-refractivity contribution < 1.29 is 4.42 Å². The molecule has 2 heteroatoms. The van der Waals surface area contributed by atoms with Crippen LogP contribution in [0.15, 0.2) is 114 Å². The van der Waals surface area contributed by atoms with Gasteiger partial charge in [0.25, 0.3) is 0 Å². The Hall–Kier alpha value is -3.88. The number of thiophene rings is 1. The Labute approximate surface area is 189 Å². The van der Waals surface area contributed by atoms with Crippen LogP contribution in [-0.4, -0.2) is 0 Å². The lowest BCUT2D eigenvalue weighted by molar-refractivity contribution is 0.602. The van der Waals surface area contributed by atoms with Gasteiger partial charge in [-0.3, -0.25) is 0 Å². The Morgan fingerprint density at radius 1 is 0.469 bits per heavy atom. The van der Waals surface area contributed by atoms with Crippen molar-refractivity contribution in [1.82, 2.24) is 0 Å². The van der Waals surface area contributed by atoms with Gasteiger partial charge in [0, 0.05) is 42.1 Å². The first-order valence-electron chi connectivity index (χ1n) is 10.8. The average Bonchev–Trinajstić information content (AvgIpc) is 3.42. The molecule has 0 radical (unpaired) electrons. The molecule has 2 heterocycles. The summed E-state index contributed by atoms with van der Waals surface area (Å²) in [4.78, 5) is 0. The van der Waals surface area contributed by atoms with E-state index in [1.54, 1.807) is 0 Å². The maximum absolute atomic E-state index is 6.69. The van der Waals surface area contributed by atoms with Crippen LogP contribution >= 0.6 is 11.3 Å². The molecule has 0 bridgehead atoms. The highest BCUT2D eigenvalue weighted by molar-refractivity contribution is 7.25.